The Hall–Kier alpha value is -3.18. The van der Waals surface area contributed by atoms with Crippen molar-refractivity contribution in [2.45, 2.75) is 18.5 Å². The van der Waals surface area contributed by atoms with Crippen LogP contribution in [0.3, 0.4) is 0 Å². The number of rotatable bonds is 6. The van der Waals surface area contributed by atoms with E-state index in [4.69, 9.17) is 11.6 Å². The molecule has 0 fully saturated rings. The molecular formula is C20H16ClF3N4O3S. The van der Waals surface area contributed by atoms with E-state index in [1.165, 1.54) is 36.5 Å². The van der Waals surface area contributed by atoms with Crippen molar-refractivity contribution >= 4 is 33.2 Å². The van der Waals surface area contributed by atoms with E-state index < -0.39 is 33.0 Å². The lowest BCUT2D eigenvalue weighted by Gasteiger charge is -2.19. The zero-order valence-corrected chi connectivity index (χ0v) is 18.0. The van der Waals surface area contributed by atoms with Gasteiger partial charge >= 0.3 is 6.18 Å². The number of carbonyl (C=O) groups is 1. The third-order valence-corrected chi connectivity index (χ3v) is 6.10. The monoisotopic (exact) mass is 484 g/mol. The Balaban J connectivity index is 1.89. The molecule has 1 atom stereocenters. The smallest absolute Gasteiger partial charge is 0.333 e. The largest absolute Gasteiger partial charge is 0.416 e. The zero-order chi connectivity index (χ0) is 23.5. The highest BCUT2D eigenvalue weighted by molar-refractivity contribution is 7.92. The normalized spacial score (nSPS) is 12.8. The summed E-state index contributed by atoms with van der Waals surface area (Å²) in [6.07, 6.45) is -2.05. The summed E-state index contributed by atoms with van der Waals surface area (Å²) in [5.41, 5.74) is -0.174. The average molecular weight is 485 g/mol. The van der Waals surface area contributed by atoms with Gasteiger partial charge in [-0.15, -0.1) is 0 Å². The zero-order valence-electron chi connectivity index (χ0n) is 16.4. The molecule has 2 N–H and O–H groups in total. The number of anilines is 1. The van der Waals surface area contributed by atoms with Crippen LogP contribution in [0.15, 0.2) is 61.1 Å². The summed E-state index contributed by atoms with van der Waals surface area (Å²) in [6, 6.07) is 9.89. The van der Waals surface area contributed by atoms with Crippen molar-refractivity contribution in [3.05, 3.63) is 77.3 Å². The van der Waals surface area contributed by atoms with Gasteiger partial charge in [-0.05, 0) is 42.0 Å². The number of amides is 1. The number of hydrogen-bond donors (Lipinski definition) is 2. The van der Waals surface area contributed by atoms with E-state index in [9.17, 15) is 26.4 Å². The predicted molar refractivity (Wildman–Crippen MR) is 113 cm³/mol. The van der Waals surface area contributed by atoms with E-state index in [1.54, 1.807) is 0 Å². The molecule has 1 heterocycles. The molecule has 3 aromatic rings. The van der Waals surface area contributed by atoms with E-state index in [2.05, 4.69) is 20.0 Å². The van der Waals surface area contributed by atoms with E-state index in [1.807, 2.05) is 0 Å². The maximum absolute atomic E-state index is 13.0. The minimum atomic E-state index is -4.53. The van der Waals surface area contributed by atoms with Crippen LogP contribution in [0.1, 0.15) is 23.6 Å². The number of nitrogens with zero attached hydrogens (tertiary/aromatic N) is 2. The van der Waals surface area contributed by atoms with Gasteiger partial charge in [0, 0.05) is 29.4 Å². The highest BCUT2D eigenvalue weighted by Gasteiger charge is 2.31. The molecule has 7 nitrogen and oxygen atoms in total. The van der Waals surface area contributed by atoms with Gasteiger partial charge in [-0.2, -0.15) is 13.2 Å². The Morgan fingerprint density at radius 3 is 2.34 bits per heavy atom. The van der Waals surface area contributed by atoms with Gasteiger partial charge in [0.1, 0.15) is 6.33 Å². The highest BCUT2D eigenvalue weighted by atomic mass is 35.5. The lowest BCUT2D eigenvalue weighted by Crippen LogP contribution is -2.36. The molecule has 0 aliphatic carbocycles. The number of halogens is 4. The van der Waals surface area contributed by atoms with Gasteiger partial charge in [-0.1, -0.05) is 23.7 Å². The Labute approximate surface area is 186 Å². The third-order valence-electron chi connectivity index (χ3n) is 4.27. The molecule has 0 radical (unpaired) electrons. The molecule has 0 aliphatic heterocycles. The number of alkyl halides is 3. The lowest BCUT2D eigenvalue weighted by molar-refractivity contribution is -0.137. The van der Waals surface area contributed by atoms with Gasteiger partial charge in [0.05, 0.1) is 11.3 Å². The first-order chi connectivity index (χ1) is 15.0. The number of carbonyl (C=O) groups excluding carboxylic acids is 1. The van der Waals surface area contributed by atoms with Crippen molar-refractivity contribution in [3.63, 3.8) is 0 Å². The molecule has 0 spiro atoms. The quantitative estimate of drug-likeness (QED) is 0.540. The molecule has 0 saturated heterocycles. The summed E-state index contributed by atoms with van der Waals surface area (Å²) >= 11 is 6.05. The number of aromatic nitrogens is 2. The van der Waals surface area contributed by atoms with Gasteiger partial charge < -0.3 is 5.32 Å². The summed E-state index contributed by atoms with van der Waals surface area (Å²) in [4.78, 5) is 19.1. The second-order valence-electron chi connectivity index (χ2n) is 6.63. The Kier molecular flexibility index (Phi) is 6.70. The molecule has 3 rings (SSSR count). The van der Waals surface area contributed by atoms with Crippen molar-refractivity contribution in [1.82, 2.24) is 15.3 Å². The van der Waals surface area contributed by atoms with Crippen LogP contribution >= 0.6 is 11.6 Å². The van der Waals surface area contributed by atoms with Gasteiger partial charge in [-0.25, -0.2) is 18.4 Å². The van der Waals surface area contributed by atoms with E-state index >= 15 is 0 Å². The van der Waals surface area contributed by atoms with Crippen LogP contribution in [0, 0.1) is 0 Å². The molecule has 0 saturated carbocycles. The van der Waals surface area contributed by atoms with Crippen molar-refractivity contribution in [1.29, 1.82) is 0 Å². The topological polar surface area (TPSA) is 101 Å². The summed E-state index contributed by atoms with van der Waals surface area (Å²) in [6.45, 7) is 1.16. The number of benzene rings is 2. The highest BCUT2D eigenvalue weighted by Crippen LogP contribution is 2.36. The average Bonchev–Trinajstić information content (AvgIpc) is 2.72. The van der Waals surface area contributed by atoms with Crippen molar-refractivity contribution in [2.24, 2.45) is 0 Å². The van der Waals surface area contributed by atoms with Crippen LogP contribution in [0.2, 0.25) is 5.02 Å². The van der Waals surface area contributed by atoms with Gasteiger partial charge in [0.15, 0.2) is 5.37 Å². The van der Waals surface area contributed by atoms with E-state index in [0.717, 1.165) is 31.5 Å². The van der Waals surface area contributed by atoms with Gasteiger partial charge in [-0.3, -0.25) is 9.52 Å². The Morgan fingerprint density at radius 2 is 1.78 bits per heavy atom. The molecule has 12 heteroatoms. The number of sulfonamides is 1. The van der Waals surface area contributed by atoms with Crippen LogP contribution in [-0.4, -0.2) is 24.3 Å². The predicted octanol–water partition coefficient (Wildman–Crippen LogP) is 4.39. The number of nitrogens with one attached hydrogen (secondary N) is 2. The Morgan fingerprint density at radius 1 is 1.09 bits per heavy atom. The lowest BCUT2D eigenvalue weighted by atomic mass is 10.0. The first-order valence-corrected chi connectivity index (χ1v) is 10.9. The van der Waals surface area contributed by atoms with Crippen LogP contribution < -0.4 is 10.0 Å². The van der Waals surface area contributed by atoms with Gasteiger partial charge in [0.25, 0.3) is 10.0 Å². The molecule has 1 aromatic heterocycles. The van der Waals surface area contributed by atoms with Crippen molar-refractivity contribution in [3.8, 4) is 11.1 Å². The van der Waals surface area contributed by atoms with E-state index in [-0.39, 0.29) is 22.0 Å². The van der Waals surface area contributed by atoms with Crippen molar-refractivity contribution in [2.75, 3.05) is 4.72 Å². The van der Waals surface area contributed by atoms with Gasteiger partial charge in [0.2, 0.25) is 5.91 Å². The molecule has 32 heavy (non-hydrogen) atoms. The minimum Gasteiger partial charge on any atom is -0.333 e. The van der Waals surface area contributed by atoms with Crippen LogP contribution in [0.5, 0.6) is 0 Å². The molecule has 2 aromatic carbocycles. The fraction of sp³-hybridized carbons (Fsp3) is 0.150. The Bertz CT molecular complexity index is 1220. The first kappa shape index (κ1) is 23.5. The fourth-order valence-corrected chi connectivity index (χ4v) is 4.40. The second-order valence-corrected chi connectivity index (χ2v) is 8.80. The molecular weight excluding hydrogens is 469 g/mol. The third kappa shape index (κ3) is 5.54. The molecule has 0 bridgehead atoms. The second kappa shape index (κ2) is 9.13. The molecule has 168 valence electrons. The number of hydrogen-bond acceptors (Lipinski definition) is 5. The van der Waals surface area contributed by atoms with E-state index in [0.29, 0.717) is 5.56 Å². The summed E-state index contributed by atoms with van der Waals surface area (Å²) in [5, 5.41) is 0.944. The van der Waals surface area contributed by atoms with Crippen LogP contribution in [0.4, 0.5) is 18.9 Å². The fourth-order valence-electron chi connectivity index (χ4n) is 2.81. The van der Waals surface area contributed by atoms with Crippen LogP contribution in [-0.2, 0) is 21.0 Å². The summed E-state index contributed by atoms with van der Waals surface area (Å²) < 4.78 is 67.1. The standard InChI is InChI=1S/C20H16ClF3N4O3S/c1-12(29)27-19(18-8-9-25-11-26-18)32(30,31)28-15-5-2-13(3-6-15)16-10-14(20(22,23)24)4-7-17(16)21/h2-11,19,28H,1H3,(H,27,29). The first-order valence-electron chi connectivity index (χ1n) is 8.99. The maximum atomic E-state index is 13.0. The molecule has 1 amide bonds. The maximum Gasteiger partial charge on any atom is 0.416 e. The summed E-state index contributed by atoms with van der Waals surface area (Å²) in [7, 11) is -4.18. The summed E-state index contributed by atoms with van der Waals surface area (Å²) in [5.74, 6) is -0.589. The molecule has 0 aliphatic rings. The SMILES string of the molecule is CC(=O)NC(c1ccncn1)S(=O)(=O)Nc1ccc(-c2cc(C(F)(F)F)ccc2Cl)cc1. The van der Waals surface area contributed by atoms with Crippen LogP contribution in [0.25, 0.3) is 11.1 Å². The molecule has 1 unspecified atom stereocenters. The minimum absolute atomic E-state index is 0.0510. The van der Waals surface area contributed by atoms with Crippen molar-refractivity contribution < 1.29 is 26.4 Å².